The Balaban J connectivity index is 2.08. The SMILES string of the molecule is CCCC(O)(c1ccccc1)C1(C#N)CC2CCC1O2. The molecule has 0 radical (unpaired) electrons. The van der Waals surface area contributed by atoms with Crippen molar-refractivity contribution in [2.45, 2.75) is 56.8 Å². The van der Waals surface area contributed by atoms with Gasteiger partial charge in [0.25, 0.3) is 0 Å². The second-order valence-electron chi connectivity index (χ2n) is 6.09. The first-order valence-electron chi connectivity index (χ1n) is 7.51. The van der Waals surface area contributed by atoms with Crippen molar-refractivity contribution in [1.29, 1.82) is 5.26 Å². The minimum absolute atomic E-state index is 0.130. The highest BCUT2D eigenvalue weighted by Gasteiger charge is 2.63. The maximum atomic E-state index is 11.5. The third-order valence-corrected chi connectivity index (χ3v) is 5.01. The lowest BCUT2D eigenvalue weighted by Crippen LogP contribution is -2.50. The van der Waals surface area contributed by atoms with Crippen LogP contribution in [0.1, 0.15) is 44.6 Å². The molecule has 0 aromatic heterocycles. The molecule has 2 heterocycles. The van der Waals surface area contributed by atoms with Crippen LogP contribution in [-0.4, -0.2) is 17.3 Å². The van der Waals surface area contributed by atoms with Crippen molar-refractivity contribution >= 4 is 0 Å². The summed E-state index contributed by atoms with van der Waals surface area (Å²) in [6, 6.07) is 12.1. The molecule has 2 aliphatic heterocycles. The summed E-state index contributed by atoms with van der Waals surface area (Å²) in [4.78, 5) is 0. The van der Waals surface area contributed by atoms with Gasteiger partial charge in [0, 0.05) is 0 Å². The Bertz CT molecular complexity index is 524. The lowest BCUT2D eigenvalue weighted by Gasteiger charge is -2.44. The van der Waals surface area contributed by atoms with E-state index in [1.807, 2.05) is 37.3 Å². The van der Waals surface area contributed by atoms with Crippen LogP contribution in [0.15, 0.2) is 30.3 Å². The third-order valence-electron chi connectivity index (χ3n) is 5.01. The van der Waals surface area contributed by atoms with E-state index in [4.69, 9.17) is 4.74 Å². The number of hydrogen-bond donors (Lipinski definition) is 1. The summed E-state index contributed by atoms with van der Waals surface area (Å²) in [5.41, 5.74) is -1.07. The monoisotopic (exact) mass is 271 g/mol. The predicted octanol–water partition coefficient (Wildman–Crippen LogP) is 3.14. The van der Waals surface area contributed by atoms with E-state index in [2.05, 4.69) is 6.07 Å². The first kappa shape index (κ1) is 13.6. The zero-order valence-electron chi connectivity index (χ0n) is 11.9. The Morgan fingerprint density at radius 1 is 1.40 bits per heavy atom. The number of fused-ring (bicyclic) bond motifs is 2. The van der Waals surface area contributed by atoms with Crippen LogP contribution in [-0.2, 0) is 10.3 Å². The summed E-state index contributed by atoms with van der Waals surface area (Å²) >= 11 is 0. The summed E-state index contributed by atoms with van der Waals surface area (Å²) < 4.78 is 5.91. The number of benzene rings is 1. The smallest absolute Gasteiger partial charge is 0.119 e. The number of aliphatic hydroxyl groups is 1. The summed E-state index contributed by atoms with van der Waals surface area (Å²) in [5.74, 6) is 0. The molecule has 0 saturated carbocycles. The van der Waals surface area contributed by atoms with Crippen molar-refractivity contribution in [2.24, 2.45) is 5.41 Å². The van der Waals surface area contributed by atoms with Gasteiger partial charge in [-0.25, -0.2) is 0 Å². The molecule has 106 valence electrons. The average molecular weight is 271 g/mol. The van der Waals surface area contributed by atoms with Crippen LogP contribution in [0.5, 0.6) is 0 Å². The summed E-state index contributed by atoms with van der Waals surface area (Å²) in [5, 5.41) is 21.3. The Hall–Kier alpha value is -1.37. The van der Waals surface area contributed by atoms with Gasteiger partial charge in [0.2, 0.25) is 0 Å². The maximum Gasteiger partial charge on any atom is 0.119 e. The second kappa shape index (κ2) is 4.87. The van der Waals surface area contributed by atoms with E-state index in [-0.39, 0.29) is 12.2 Å². The molecule has 3 rings (SSSR count). The normalized spacial score (nSPS) is 34.6. The zero-order chi connectivity index (χ0) is 14.2. The van der Waals surface area contributed by atoms with E-state index >= 15 is 0 Å². The van der Waals surface area contributed by atoms with Crippen LogP contribution in [0.3, 0.4) is 0 Å². The van der Waals surface area contributed by atoms with Gasteiger partial charge in [-0.3, -0.25) is 0 Å². The van der Waals surface area contributed by atoms with E-state index in [1.54, 1.807) is 0 Å². The van der Waals surface area contributed by atoms with E-state index in [0.29, 0.717) is 12.8 Å². The lowest BCUT2D eigenvalue weighted by atomic mass is 9.60. The van der Waals surface area contributed by atoms with Crippen molar-refractivity contribution in [2.75, 3.05) is 0 Å². The van der Waals surface area contributed by atoms with Gasteiger partial charge in [0.15, 0.2) is 0 Å². The highest BCUT2D eigenvalue weighted by molar-refractivity contribution is 5.32. The van der Waals surface area contributed by atoms with Crippen molar-refractivity contribution in [3.05, 3.63) is 35.9 Å². The molecule has 2 bridgehead atoms. The van der Waals surface area contributed by atoms with Crippen molar-refractivity contribution in [3.63, 3.8) is 0 Å². The topological polar surface area (TPSA) is 53.2 Å². The second-order valence-corrected chi connectivity index (χ2v) is 6.09. The number of nitriles is 1. The molecule has 4 unspecified atom stereocenters. The fourth-order valence-corrected chi connectivity index (χ4v) is 4.05. The van der Waals surface area contributed by atoms with Gasteiger partial charge in [-0.1, -0.05) is 43.7 Å². The zero-order valence-corrected chi connectivity index (χ0v) is 11.9. The Morgan fingerprint density at radius 3 is 2.65 bits per heavy atom. The third kappa shape index (κ3) is 1.72. The van der Waals surface area contributed by atoms with Crippen LogP contribution in [0.4, 0.5) is 0 Å². The molecule has 3 heteroatoms. The Labute approximate surface area is 120 Å². The minimum atomic E-state index is -1.11. The van der Waals surface area contributed by atoms with Crippen LogP contribution in [0.25, 0.3) is 0 Å². The van der Waals surface area contributed by atoms with E-state index in [0.717, 1.165) is 24.8 Å². The molecule has 0 amide bonds. The number of rotatable bonds is 4. The minimum Gasteiger partial charge on any atom is -0.383 e. The number of ether oxygens (including phenoxy) is 1. The number of nitrogens with zero attached hydrogens (tertiary/aromatic N) is 1. The predicted molar refractivity (Wildman–Crippen MR) is 75.8 cm³/mol. The molecule has 0 aliphatic carbocycles. The average Bonchev–Trinajstić information content (AvgIpc) is 3.09. The van der Waals surface area contributed by atoms with Gasteiger partial charge in [0.1, 0.15) is 11.0 Å². The van der Waals surface area contributed by atoms with Gasteiger partial charge >= 0.3 is 0 Å². The highest BCUT2D eigenvalue weighted by Crippen LogP contribution is 2.58. The van der Waals surface area contributed by atoms with E-state index in [9.17, 15) is 10.4 Å². The van der Waals surface area contributed by atoms with Gasteiger partial charge in [-0.15, -0.1) is 0 Å². The molecule has 20 heavy (non-hydrogen) atoms. The van der Waals surface area contributed by atoms with Crippen LogP contribution >= 0.6 is 0 Å². The lowest BCUT2D eigenvalue weighted by molar-refractivity contribution is -0.0975. The van der Waals surface area contributed by atoms with Crippen LogP contribution in [0, 0.1) is 16.7 Å². The van der Waals surface area contributed by atoms with Crippen LogP contribution < -0.4 is 0 Å². The molecule has 4 atom stereocenters. The van der Waals surface area contributed by atoms with Gasteiger partial charge in [0.05, 0.1) is 18.3 Å². The first-order chi connectivity index (χ1) is 9.66. The molecule has 1 aromatic rings. The van der Waals surface area contributed by atoms with E-state index < -0.39 is 11.0 Å². The molecule has 1 N–H and O–H groups in total. The first-order valence-corrected chi connectivity index (χ1v) is 7.51. The largest absolute Gasteiger partial charge is 0.383 e. The molecule has 3 nitrogen and oxygen atoms in total. The van der Waals surface area contributed by atoms with E-state index in [1.165, 1.54) is 0 Å². The highest BCUT2D eigenvalue weighted by atomic mass is 16.5. The number of hydrogen-bond acceptors (Lipinski definition) is 3. The molecular weight excluding hydrogens is 250 g/mol. The molecule has 2 saturated heterocycles. The maximum absolute atomic E-state index is 11.5. The summed E-state index contributed by atoms with van der Waals surface area (Å²) in [6.07, 6.45) is 4.01. The summed E-state index contributed by atoms with van der Waals surface area (Å²) in [7, 11) is 0. The molecule has 1 aromatic carbocycles. The Morgan fingerprint density at radius 2 is 2.15 bits per heavy atom. The molecule has 2 aliphatic rings. The van der Waals surface area contributed by atoms with Gasteiger partial charge < -0.3 is 9.84 Å². The van der Waals surface area contributed by atoms with Crippen molar-refractivity contribution in [1.82, 2.24) is 0 Å². The molecular formula is C17H21NO2. The van der Waals surface area contributed by atoms with Gasteiger partial charge in [-0.2, -0.15) is 5.26 Å². The standard InChI is InChI=1S/C17H21NO2/c1-2-10-17(19,13-6-4-3-5-7-13)16(12-18)11-14-8-9-15(16)20-14/h3-7,14-15,19H,2,8-11H2,1H3. The fourth-order valence-electron chi connectivity index (χ4n) is 4.05. The molecule has 2 fully saturated rings. The van der Waals surface area contributed by atoms with Crippen molar-refractivity contribution in [3.8, 4) is 6.07 Å². The van der Waals surface area contributed by atoms with Gasteiger partial charge in [-0.05, 0) is 31.2 Å². The molecule has 0 spiro atoms. The Kier molecular flexibility index (Phi) is 3.32. The quantitative estimate of drug-likeness (QED) is 0.915. The summed E-state index contributed by atoms with van der Waals surface area (Å²) in [6.45, 7) is 2.05. The van der Waals surface area contributed by atoms with Crippen LogP contribution in [0.2, 0.25) is 0 Å². The fraction of sp³-hybridized carbons (Fsp3) is 0.588. The van der Waals surface area contributed by atoms with Crippen molar-refractivity contribution < 1.29 is 9.84 Å².